The van der Waals surface area contributed by atoms with Crippen LogP contribution in [0.4, 0.5) is 10.1 Å². The number of rotatable bonds is 4. The summed E-state index contributed by atoms with van der Waals surface area (Å²) in [5.41, 5.74) is 4.19. The molecule has 0 bridgehead atoms. The Bertz CT molecular complexity index is 931. The molecule has 1 atom stereocenters. The zero-order valence-corrected chi connectivity index (χ0v) is 15.2. The van der Waals surface area contributed by atoms with E-state index in [1.54, 1.807) is 12.1 Å². The topological polar surface area (TPSA) is 37.3 Å². The fourth-order valence-corrected chi connectivity index (χ4v) is 3.65. The molecule has 138 valence electrons. The minimum Gasteiger partial charge on any atom is -0.348 e. The molecule has 1 amide bonds. The van der Waals surface area contributed by atoms with Crippen LogP contribution in [0.1, 0.15) is 22.9 Å². The van der Waals surface area contributed by atoms with Gasteiger partial charge in [0, 0.05) is 30.7 Å². The molecule has 3 aromatic rings. The Balaban J connectivity index is 1.56. The predicted octanol–water partition coefficient (Wildman–Crippen LogP) is 3.98. The van der Waals surface area contributed by atoms with Crippen LogP contribution < -0.4 is 5.32 Å². The molecule has 2 heterocycles. The van der Waals surface area contributed by atoms with Gasteiger partial charge in [0.05, 0.1) is 12.6 Å². The van der Waals surface area contributed by atoms with Crippen molar-refractivity contribution in [1.82, 2.24) is 9.47 Å². The Labute approximate surface area is 158 Å². The first-order chi connectivity index (χ1) is 13.1. The molecule has 0 fully saturated rings. The van der Waals surface area contributed by atoms with Gasteiger partial charge in [-0.25, -0.2) is 4.39 Å². The maximum Gasteiger partial charge on any atom is 0.238 e. The van der Waals surface area contributed by atoms with Crippen LogP contribution in [0.5, 0.6) is 0 Å². The van der Waals surface area contributed by atoms with Gasteiger partial charge in [-0.2, -0.15) is 0 Å². The SMILES string of the molecule is Cc1ccc(C2c3cccn3CCN2CC(=O)Nc2ccc(F)cc2)cc1. The molecule has 27 heavy (non-hydrogen) atoms. The number of halogens is 1. The molecule has 0 spiro atoms. The van der Waals surface area contributed by atoms with Gasteiger partial charge in [0.1, 0.15) is 5.82 Å². The molecular weight excluding hydrogens is 341 g/mol. The number of aromatic nitrogens is 1. The van der Waals surface area contributed by atoms with Gasteiger partial charge in [-0.3, -0.25) is 9.69 Å². The van der Waals surface area contributed by atoms with Crippen LogP contribution >= 0.6 is 0 Å². The van der Waals surface area contributed by atoms with Crippen LogP contribution in [-0.2, 0) is 11.3 Å². The Morgan fingerprint density at radius 3 is 2.56 bits per heavy atom. The number of nitrogens with zero attached hydrogens (tertiary/aromatic N) is 2. The van der Waals surface area contributed by atoms with Crippen molar-refractivity contribution in [2.75, 3.05) is 18.4 Å². The minimum atomic E-state index is -0.316. The first-order valence-electron chi connectivity index (χ1n) is 9.11. The minimum absolute atomic E-state index is 0.0355. The number of carbonyl (C=O) groups excluding carboxylic acids is 1. The third-order valence-corrected chi connectivity index (χ3v) is 5.01. The van der Waals surface area contributed by atoms with E-state index >= 15 is 0 Å². The van der Waals surface area contributed by atoms with Crippen molar-refractivity contribution in [3.05, 3.63) is 89.5 Å². The fourth-order valence-electron chi connectivity index (χ4n) is 3.65. The monoisotopic (exact) mass is 363 g/mol. The Kier molecular flexibility index (Phi) is 4.77. The smallest absolute Gasteiger partial charge is 0.238 e. The molecule has 1 aliphatic heterocycles. The van der Waals surface area contributed by atoms with Crippen LogP contribution in [-0.4, -0.2) is 28.5 Å². The van der Waals surface area contributed by atoms with E-state index in [9.17, 15) is 9.18 Å². The molecule has 0 saturated carbocycles. The third-order valence-electron chi connectivity index (χ3n) is 5.01. The quantitative estimate of drug-likeness (QED) is 0.761. The Morgan fingerprint density at radius 2 is 1.81 bits per heavy atom. The summed E-state index contributed by atoms with van der Waals surface area (Å²) in [4.78, 5) is 14.8. The highest BCUT2D eigenvalue weighted by atomic mass is 19.1. The van der Waals surface area contributed by atoms with Gasteiger partial charge in [-0.05, 0) is 48.9 Å². The molecule has 5 heteroatoms. The first kappa shape index (κ1) is 17.5. The summed E-state index contributed by atoms with van der Waals surface area (Å²) in [6, 6.07) is 18.5. The summed E-state index contributed by atoms with van der Waals surface area (Å²) in [5, 5.41) is 2.86. The van der Waals surface area contributed by atoms with Crippen molar-refractivity contribution < 1.29 is 9.18 Å². The second-order valence-electron chi connectivity index (χ2n) is 6.97. The van der Waals surface area contributed by atoms with Gasteiger partial charge < -0.3 is 9.88 Å². The van der Waals surface area contributed by atoms with Gasteiger partial charge in [0.2, 0.25) is 5.91 Å². The number of aryl methyl sites for hydroxylation is 1. The van der Waals surface area contributed by atoms with E-state index in [-0.39, 0.29) is 24.3 Å². The predicted molar refractivity (Wildman–Crippen MR) is 104 cm³/mol. The van der Waals surface area contributed by atoms with Crippen LogP contribution in [0.25, 0.3) is 0 Å². The summed E-state index contributed by atoms with van der Waals surface area (Å²) in [5.74, 6) is -0.414. The highest BCUT2D eigenvalue weighted by molar-refractivity contribution is 5.92. The highest BCUT2D eigenvalue weighted by Crippen LogP contribution is 2.32. The number of benzene rings is 2. The number of hydrogen-bond acceptors (Lipinski definition) is 2. The lowest BCUT2D eigenvalue weighted by molar-refractivity contribution is -0.117. The lowest BCUT2D eigenvalue weighted by atomic mass is 9.99. The van der Waals surface area contributed by atoms with Crippen LogP contribution in [0.3, 0.4) is 0 Å². The summed E-state index contributed by atoms with van der Waals surface area (Å²) < 4.78 is 15.3. The largest absolute Gasteiger partial charge is 0.348 e. The summed E-state index contributed by atoms with van der Waals surface area (Å²) in [6.45, 7) is 3.99. The van der Waals surface area contributed by atoms with Crippen molar-refractivity contribution in [1.29, 1.82) is 0 Å². The summed E-state index contributed by atoms with van der Waals surface area (Å²) in [7, 11) is 0. The molecule has 1 N–H and O–H groups in total. The molecule has 4 nitrogen and oxygen atoms in total. The number of anilines is 1. The maximum atomic E-state index is 13.1. The highest BCUT2D eigenvalue weighted by Gasteiger charge is 2.30. The number of hydrogen-bond donors (Lipinski definition) is 1. The molecule has 1 aromatic heterocycles. The van der Waals surface area contributed by atoms with Gasteiger partial charge in [0.15, 0.2) is 0 Å². The van der Waals surface area contributed by atoms with Crippen molar-refractivity contribution in [3.63, 3.8) is 0 Å². The van der Waals surface area contributed by atoms with Crippen LogP contribution in [0.2, 0.25) is 0 Å². The van der Waals surface area contributed by atoms with Crippen LogP contribution in [0, 0.1) is 12.7 Å². The second-order valence-corrected chi connectivity index (χ2v) is 6.97. The normalized spacial score (nSPS) is 16.7. The van der Waals surface area contributed by atoms with E-state index in [2.05, 4.69) is 64.3 Å². The third kappa shape index (κ3) is 3.78. The van der Waals surface area contributed by atoms with Crippen molar-refractivity contribution in [2.45, 2.75) is 19.5 Å². The summed E-state index contributed by atoms with van der Waals surface area (Å²) >= 11 is 0. The van der Waals surface area contributed by atoms with E-state index in [1.165, 1.54) is 29.0 Å². The van der Waals surface area contributed by atoms with Crippen molar-refractivity contribution >= 4 is 11.6 Å². The second kappa shape index (κ2) is 7.37. The van der Waals surface area contributed by atoms with Gasteiger partial charge in [-0.1, -0.05) is 29.8 Å². The molecule has 1 aliphatic rings. The molecule has 0 aliphatic carbocycles. The average molecular weight is 363 g/mol. The lowest BCUT2D eigenvalue weighted by Crippen LogP contribution is -2.42. The standard InChI is InChI=1S/C22H22FN3O/c1-16-4-6-17(7-5-16)22-20-3-2-12-25(20)13-14-26(22)15-21(27)24-19-10-8-18(23)9-11-19/h2-12,22H,13-15H2,1H3,(H,24,27). The summed E-state index contributed by atoms with van der Waals surface area (Å²) in [6.07, 6.45) is 2.09. The van der Waals surface area contributed by atoms with E-state index < -0.39 is 0 Å². The number of nitrogens with one attached hydrogen (secondary N) is 1. The van der Waals surface area contributed by atoms with Gasteiger partial charge >= 0.3 is 0 Å². The Morgan fingerprint density at radius 1 is 1.07 bits per heavy atom. The maximum absolute atomic E-state index is 13.1. The van der Waals surface area contributed by atoms with E-state index in [0.29, 0.717) is 5.69 Å². The van der Waals surface area contributed by atoms with Gasteiger partial charge in [0.25, 0.3) is 0 Å². The molecule has 2 aromatic carbocycles. The lowest BCUT2D eigenvalue weighted by Gasteiger charge is -2.37. The molecule has 0 saturated heterocycles. The molecule has 0 radical (unpaired) electrons. The fraction of sp³-hybridized carbons (Fsp3) is 0.227. The van der Waals surface area contributed by atoms with Crippen LogP contribution in [0.15, 0.2) is 66.9 Å². The number of carbonyl (C=O) groups is 1. The van der Waals surface area contributed by atoms with Crippen molar-refractivity contribution in [3.8, 4) is 0 Å². The number of amides is 1. The van der Waals surface area contributed by atoms with E-state index in [0.717, 1.165) is 13.1 Å². The van der Waals surface area contributed by atoms with Gasteiger partial charge in [-0.15, -0.1) is 0 Å². The first-order valence-corrected chi connectivity index (χ1v) is 9.11. The molecule has 4 rings (SSSR count). The van der Waals surface area contributed by atoms with E-state index in [4.69, 9.17) is 0 Å². The number of fused-ring (bicyclic) bond motifs is 1. The Hall–Kier alpha value is -2.92. The zero-order chi connectivity index (χ0) is 18.8. The zero-order valence-electron chi connectivity index (χ0n) is 15.2. The van der Waals surface area contributed by atoms with E-state index in [1.807, 2.05) is 0 Å². The molecule has 1 unspecified atom stereocenters. The average Bonchev–Trinajstić information content (AvgIpc) is 3.13. The molecular formula is C22H22FN3O. The van der Waals surface area contributed by atoms with Crippen molar-refractivity contribution in [2.24, 2.45) is 0 Å².